The first-order valence-electron chi connectivity index (χ1n) is 13.9. The molecule has 2 aromatic rings. The molecule has 0 bridgehead atoms. The van der Waals surface area contributed by atoms with Crippen LogP contribution in [-0.4, -0.2) is 25.8 Å². The molecule has 0 saturated heterocycles. The van der Waals surface area contributed by atoms with Crippen LogP contribution in [0, 0.1) is 0 Å². The summed E-state index contributed by atoms with van der Waals surface area (Å²) in [6.07, 6.45) is 15.2. The lowest BCUT2D eigenvalue weighted by Crippen LogP contribution is -2.01. The van der Waals surface area contributed by atoms with Crippen LogP contribution in [0.2, 0.25) is 0 Å². The van der Waals surface area contributed by atoms with Crippen LogP contribution < -0.4 is 9.47 Å². The predicted octanol–water partition coefficient (Wildman–Crippen LogP) is 9.29. The largest absolute Gasteiger partial charge is 0.494 e. The maximum absolute atomic E-state index is 10.9. The zero-order chi connectivity index (χ0) is 26.4. The molecule has 6 heteroatoms. The van der Waals surface area contributed by atoms with Crippen molar-refractivity contribution in [1.82, 2.24) is 0 Å². The van der Waals surface area contributed by atoms with Crippen LogP contribution in [0.15, 0.2) is 71.4 Å². The van der Waals surface area contributed by atoms with E-state index in [4.69, 9.17) is 14.2 Å². The maximum atomic E-state index is 10.9. The van der Waals surface area contributed by atoms with Gasteiger partial charge in [-0.3, -0.25) is 0 Å². The first kappa shape index (κ1) is 30.1. The summed E-state index contributed by atoms with van der Waals surface area (Å²) in [6, 6.07) is 15.4. The molecule has 0 aliphatic rings. The van der Waals surface area contributed by atoms with Crippen molar-refractivity contribution in [2.75, 3.05) is 19.8 Å². The summed E-state index contributed by atoms with van der Waals surface area (Å²) in [5, 5.41) is 8.63. The highest BCUT2D eigenvalue weighted by molar-refractivity contribution is 5.81. The number of unbranched alkanes of at least 4 members (excludes halogenated alkanes) is 10. The molecule has 0 aliphatic carbocycles. The van der Waals surface area contributed by atoms with E-state index in [0.717, 1.165) is 61.8 Å². The second kappa shape index (κ2) is 20.0. The molecule has 0 aliphatic heterocycles. The van der Waals surface area contributed by atoms with Gasteiger partial charge in [-0.2, -0.15) is 10.2 Å². The average molecular weight is 509 g/mol. The van der Waals surface area contributed by atoms with E-state index >= 15 is 0 Å². The van der Waals surface area contributed by atoms with Crippen LogP contribution in [0.25, 0.3) is 0 Å². The van der Waals surface area contributed by atoms with Gasteiger partial charge in [-0.15, -0.1) is 0 Å². The van der Waals surface area contributed by atoms with Crippen LogP contribution in [0.1, 0.15) is 84.0 Å². The third-order valence-corrected chi connectivity index (χ3v) is 5.94. The number of carbonyl (C=O) groups excluding carboxylic acids is 1. The number of hydrogen-bond acceptors (Lipinski definition) is 6. The van der Waals surface area contributed by atoms with Gasteiger partial charge in [0.25, 0.3) is 0 Å². The van der Waals surface area contributed by atoms with Crippen molar-refractivity contribution in [3.05, 3.63) is 61.2 Å². The van der Waals surface area contributed by atoms with E-state index in [2.05, 4.69) is 23.7 Å². The van der Waals surface area contributed by atoms with Gasteiger partial charge in [0.05, 0.1) is 31.2 Å². The molecule has 0 heterocycles. The summed E-state index contributed by atoms with van der Waals surface area (Å²) in [4.78, 5) is 10.9. The number of ether oxygens (including phenoxy) is 3. The first-order valence-corrected chi connectivity index (χ1v) is 13.9. The van der Waals surface area contributed by atoms with Crippen molar-refractivity contribution in [1.29, 1.82) is 0 Å². The summed E-state index contributed by atoms with van der Waals surface area (Å²) in [7, 11) is 0. The molecule has 6 nitrogen and oxygen atoms in total. The molecule has 0 aromatic heterocycles. The fourth-order valence-electron chi connectivity index (χ4n) is 3.74. The van der Waals surface area contributed by atoms with Gasteiger partial charge in [-0.25, -0.2) is 4.79 Å². The number of nitrogens with zero attached hydrogens (tertiary/aromatic N) is 2. The number of hydrogen-bond donors (Lipinski definition) is 0. The monoisotopic (exact) mass is 508 g/mol. The van der Waals surface area contributed by atoms with E-state index in [1.54, 1.807) is 0 Å². The lowest BCUT2D eigenvalue weighted by atomic mass is 10.1. The normalized spacial score (nSPS) is 10.9. The van der Waals surface area contributed by atoms with Crippen LogP contribution in [0.5, 0.6) is 11.5 Å². The summed E-state index contributed by atoms with van der Waals surface area (Å²) < 4.78 is 16.6. The number of carbonyl (C=O) groups is 1. The fourth-order valence-corrected chi connectivity index (χ4v) is 3.74. The average Bonchev–Trinajstić information content (AvgIpc) is 2.93. The molecule has 0 radical (unpaired) electrons. The number of benzene rings is 2. The molecule has 0 amide bonds. The van der Waals surface area contributed by atoms with Crippen LogP contribution in [0.4, 0.5) is 11.4 Å². The smallest absolute Gasteiger partial charge is 0.330 e. The van der Waals surface area contributed by atoms with Gasteiger partial charge in [-0.1, -0.05) is 71.3 Å². The molecular formula is C31H44N2O4. The predicted molar refractivity (Wildman–Crippen MR) is 150 cm³/mol. The zero-order valence-corrected chi connectivity index (χ0v) is 22.5. The molecule has 0 fully saturated rings. The van der Waals surface area contributed by atoms with E-state index in [0.29, 0.717) is 6.61 Å². The molecule has 0 spiro atoms. The Labute approximate surface area is 223 Å². The van der Waals surface area contributed by atoms with Crippen molar-refractivity contribution in [3.63, 3.8) is 0 Å². The standard InChI is InChI=1S/C31H44N2O4/c1-3-5-13-24-35-29-20-16-27(17-21-29)32-33-28-18-22-30(23-19-28)36-25-14-11-9-7-6-8-10-12-15-26-37-31(34)4-2/h4,16-23H,2-3,5-15,24-26H2,1H3. The Morgan fingerprint density at radius 1 is 0.649 bits per heavy atom. The van der Waals surface area contributed by atoms with Crippen molar-refractivity contribution in [2.24, 2.45) is 10.2 Å². The molecule has 2 rings (SSSR count). The van der Waals surface area contributed by atoms with Gasteiger partial charge < -0.3 is 14.2 Å². The van der Waals surface area contributed by atoms with Gasteiger partial charge in [0.1, 0.15) is 11.5 Å². The van der Waals surface area contributed by atoms with Gasteiger partial charge in [0, 0.05) is 6.08 Å². The molecule has 0 unspecified atom stereocenters. The summed E-state index contributed by atoms with van der Waals surface area (Å²) in [5.74, 6) is 1.40. The van der Waals surface area contributed by atoms with E-state index in [1.807, 2.05) is 48.5 Å². The van der Waals surface area contributed by atoms with Crippen molar-refractivity contribution < 1.29 is 19.0 Å². The topological polar surface area (TPSA) is 69.5 Å². The van der Waals surface area contributed by atoms with Crippen molar-refractivity contribution in [3.8, 4) is 11.5 Å². The maximum Gasteiger partial charge on any atom is 0.330 e. The van der Waals surface area contributed by atoms with Crippen LogP contribution >= 0.6 is 0 Å². The van der Waals surface area contributed by atoms with E-state index < -0.39 is 0 Å². The Morgan fingerprint density at radius 3 is 1.49 bits per heavy atom. The Balaban J connectivity index is 1.49. The summed E-state index contributed by atoms with van der Waals surface area (Å²) in [6.45, 7) is 7.56. The second-order valence-electron chi connectivity index (χ2n) is 9.15. The Kier molecular flexibility index (Phi) is 16.2. The van der Waals surface area contributed by atoms with E-state index in [1.165, 1.54) is 57.4 Å². The van der Waals surface area contributed by atoms with Crippen molar-refractivity contribution >= 4 is 17.3 Å². The highest BCUT2D eigenvalue weighted by atomic mass is 16.5. The SMILES string of the molecule is C=CC(=O)OCCCCCCCCCCCOc1ccc(N=Nc2ccc(OCCCCC)cc2)cc1. The number of rotatable bonds is 21. The third-order valence-electron chi connectivity index (χ3n) is 5.94. The molecule has 37 heavy (non-hydrogen) atoms. The Bertz CT molecular complexity index is 894. The van der Waals surface area contributed by atoms with Gasteiger partial charge in [0.2, 0.25) is 0 Å². The molecule has 2 aromatic carbocycles. The lowest BCUT2D eigenvalue weighted by Gasteiger charge is -2.06. The Hall–Kier alpha value is -3.15. The molecular weight excluding hydrogens is 464 g/mol. The summed E-state index contributed by atoms with van der Waals surface area (Å²) in [5.41, 5.74) is 1.60. The first-order chi connectivity index (χ1) is 18.2. The van der Waals surface area contributed by atoms with E-state index in [-0.39, 0.29) is 5.97 Å². The highest BCUT2D eigenvalue weighted by Gasteiger charge is 1.99. The van der Waals surface area contributed by atoms with Crippen LogP contribution in [0.3, 0.4) is 0 Å². The Morgan fingerprint density at radius 2 is 1.05 bits per heavy atom. The van der Waals surface area contributed by atoms with Crippen LogP contribution in [-0.2, 0) is 9.53 Å². The fraction of sp³-hybridized carbons (Fsp3) is 0.516. The molecule has 0 atom stereocenters. The molecule has 0 N–H and O–H groups in total. The quantitative estimate of drug-likeness (QED) is 0.0729. The minimum Gasteiger partial charge on any atom is -0.494 e. The van der Waals surface area contributed by atoms with Gasteiger partial charge >= 0.3 is 5.97 Å². The van der Waals surface area contributed by atoms with Gasteiger partial charge in [-0.05, 0) is 67.8 Å². The zero-order valence-electron chi connectivity index (χ0n) is 22.5. The van der Waals surface area contributed by atoms with Gasteiger partial charge in [0.15, 0.2) is 0 Å². The number of esters is 1. The minimum atomic E-state index is -0.329. The lowest BCUT2D eigenvalue weighted by molar-refractivity contribution is -0.137. The summed E-state index contributed by atoms with van der Waals surface area (Å²) >= 11 is 0. The third kappa shape index (κ3) is 14.9. The highest BCUT2D eigenvalue weighted by Crippen LogP contribution is 2.23. The molecule has 202 valence electrons. The minimum absolute atomic E-state index is 0.329. The van der Waals surface area contributed by atoms with E-state index in [9.17, 15) is 4.79 Å². The van der Waals surface area contributed by atoms with Crippen molar-refractivity contribution in [2.45, 2.75) is 84.0 Å². The second-order valence-corrected chi connectivity index (χ2v) is 9.15. The number of azo groups is 1. The molecule has 0 saturated carbocycles.